The number of nitrogens with two attached hydrogens (primary N) is 1. The van der Waals surface area contributed by atoms with Crippen molar-refractivity contribution in [2.45, 2.75) is 26.0 Å². The Balaban J connectivity index is 1.44. The maximum atomic E-state index is 15.3. The molecule has 1 aliphatic rings. The zero-order valence-corrected chi connectivity index (χ0v) is 21.5. The minimum Gasteiger partial charge on any atom is -0.392 e. The number of aromatic nitrogens is 4. The molecule has 0 saturated carbocycles. The number of hydrogen-bond donors (Lipinski definition) is 4. The van der Waals surface area contributed by atoms with Crippen LogP contribution in [-0.4, -0.2) is 61.9 Å². The van der Waals surface area contributed by atoms with Crippen LogP contribution in [0.5, 0.6) is 0 Å². The third-order valence-electron chi connectivity index (χ3n) is 6.61. The van der Waals surface area contributed by atoms with E-state index in [1.807, 2.05) is 0 Å². The minimum absolute atomic E-state index is 0.121. The van der Waals surface area contributed by atoms with Gasteiger partial charge in [0.05, 0.1) is 31.2 Å². The van der Waals surface area contributed by atoms with Crippen LogP contribution in [-0.2, 0) is 23.8 Å². The quantitative estimate of drug-likeness (QED) is 0.271. The van der Waals surface area contributed by atoms with Gasteiger partial charge in [-0.2, -0.15) is 5.10 Å². The number of benzene rings is 1. The Hall–Kier alpha value is -4.27. The first-order chi connectivity index (χ1) is 19.2. The molecule has 1 aliphatic heterocycles. The maximum absolute atomic E-state index is 15.3. The average molecular weight is 557 g/mol. The first kappa shape index (κ1) is 27.3. The van der Waals surface area contributed by atoms with Crippen molar-refractivity contribution in [1.29, 1.82) is 0 Å². The second-order valence-corrected chi connectivity index (χ2v) is 9.34. The number of alkyl halides is 2. The Morgan fingerprint density at radius 3 is 2.65 bits per heavy atom. The van der Waals surface area contributed by atoms with E-state index >= 15 is 4.39 Å². The lowest BCUT2D eigenvalue weighted by Crippen LogP contribution is -2.36. The number of rotatable bonds is 7. The normalized spacial score (nSPS) is 14.4. The Morgan fingerprint density at radius 2 is 1.95 bits per heavy atom. The van der Waals surface area contributed by atoms with Crippen LogP contribution in [0.3, 0.4) is 0 Å². The third-order valence-corrected chi connectivity index (χ3v) is 6.61. The monoisotopic (exact) mass is 556 g/mol. The molecule has 4 heterocycles. The third kappa shape index (κ3) is 5.54. The van der Waals surface area contributed by atoms with Crippen LogP contribution in [0.15, 0.2) is 42.9 Å². The molecule has 14 heteroatoms. The van der Waals surface area contributed by atoms with Crippen molar-refractivity contribution in [2.75, 3.05) is 42.7 Å². The van der Waals surface area contributed by atoms with Crippen molar-refractivity contribution >= 4 is 28.9 Å². The molecule has 0 atom stereocenters. The zero-order chi connectivity index (χ0) is 28.4. The number of halogens is 3. The highest BCUT2D eigenvalue weighted by molar-refractivity contribution is 5.99. The lowest BCUT2D eigenvalue weighted by atomic mass is 10.0. The number of morpholine rings is 1. The number of nitrogen functional groups attached to an aromatic ring is 1. The van der Waals surface area contributed by atoms with Crippen molar-refractivity contribution in [3.05, 3.63) is 65.5 Å². The Kier molecular flexibility index (Phi) is 7.56. The van der Waals surface area contributed by atoms with Crippen molar-refractivity contribution in [3.63, 3.8) is 0 Å². The molecule has 1 aromatic carbocycles. The summed E-state index contributed by atoms with van der Waals surface area (Å²) in [5.74, 6) is -3.86. The smallest absolute Gasteiger partial charge is 0.324 e. The van der Waals surface area contributed by atoms with Crippen molar-refractivity contribution in [1.82, 2.24) is 24.5 Å². The summed E-state index contributed by atoms with van der Waals surface area (Å²) < 4.78 is 49.5. The summed E-state index contributed by atoms with van der Waals surface area (Å²) in [5.41, 5.74) is 8.22. The molecular formula is C26H27F3N8O3. The highest BCUT2D eigenvalue weighted by Gasteiger charge is 2.26. The number of carbonyl (C=O) groups is 1. The highest BCUT2D eigenvalue weighted by atomic mass is 19.3. The van der Waals surface area contributed by atoms with Gasteiger partial charge in [-0.25, -0.2) is 32.4 Å². The first-order valence-corrected chi connectivity index (χ1v) is 12.4. The largest absolute Gasteiger partial charge is 0.392 e. The molecule has 5 N–H and O–H groups in total. The predicted molar refractivity (Wildman–Crippen MR) is 141 cm³/mol. The van der Waals surface area contributed by atoms with Crippen molar-refractivity contribution < 1.29 is 27.8 Å². The van der Waals surface area contributed by atoms with Crippen LogP contribution >= 0.6 is 0 Å². The van der Waals surface area contributed by atoms with E-state index in [0.717, 1.165) is 25.3 Å². The summed E-state index contributed by atoms with van der Waals surface area (Å²) in [4.78, 5) is 22.6. The average Bonchev–Trinajstić information content (AvgIpc) is 3.24. The maximum Gasteiger partial charge on any atom is 0.324 e. The number of hydrogen-bond acceptors (Lipinski definition) is 8. The lowest BCUT2D eigenvalue weighted by Gasteiger charge is -2.26. The molecule has 0 spiro atoms. The van der Waals surface area contributed by atoms with Gasteiger partial charge in [-0.3, -0.25) is 10.2 Å². The van der Waals surface area contributed by atoms with Crippen LogP contribution in [0.2, 0.25) is 0 Å². The molecule has 1 fully saturated rings. The molecular weight excluding hydrogens is 529 g/mol. The fourth-order valence-electron chi connectivity index (χ4n) is 4.65. The van der Waals surface area contributed by atoms with Gasteiger partial charge in [-0.05, 0) is 29.8 Å². The Bertz CT molecular complexity index is 1550. The van der Waals surface area contributed by atoms with Crippen LogP contribution in [0.1, 0.15) is 23.7 Å². The lowest BCUT2D eigenvalue weighted by molar-refractivity contribution is 0.0174. The molecule has 40 heavy (non-hydrogen) atoms. The predicted octanol–water partition coefficient (Wildman–Crippen LogP) is 3.59. The molecule has 1 saturated heterocycles. The van der Waals surface area contributed by atoms with Gasteiger partial charge in [0.25, 0.3) is 5.92 Å². The van der Waals surface area contributed by atoms with E-state index in [2.05, 4.69) is 30.6 Å². The number of nitrogens with one attached hydrogen (secondary N) is 2. The second-order valence-electron chi connectivity index (χ2n) is 9.34. The van der Waals surface area contributed by atoms with E-state index in [1.54, 1.807) is 10.6 Å². The number of ether oxygens (including phenoxy) is 1. The number of amides is 2. The molecule has 0 bridgehead atoms. The molecule has 5 rings (SSSR count). The van der Waals surface area contributed by atoms with Crippen LogP contribution in [0.4, 0.5) is 35.3 Å². The number of nitrogens with zero attached hydrogens (tertiary/aromatic N) is 5. The molecule has 0 aliphatic carbocycles. The van der Waals surface area contributed by atoms with Gasteiger partial charge in [-0.1, -0.05) is 6.07 Å². The van der Waals surface area contributed by atoms with Crippen molar-refractivity contribution in [2.24, 2.45) is 0 Å². The number of fused-ring (bicyclic) bond motifs is 1. The van der Waals surface area contributed by atoms with Crippen LogP contribution < -0.4 is 16.4 Å². The molecule has 3 aromatic heterocycles. The highest BCUT2D eigenvalue weighted by Crippen LogP contribution is 2.37. The van der Waals surface area contributed by atoms with E-state index < -0.39 is 17.8 Å². The number of anilines is 3. The number of aliphatic hydroxyl groups excluding tert-OH is 1. The van der Waals surface area contributed by atoms with Crippen LogP contribution in [0.25, 0.3) is 16.6 Å². The molecule has 210 valence electrons. The first-order valence-electron chi connectivity index (χ1n) is 12.4. The molecule has 4 aromatic rings. The molecule has 2 amide bonds. The van der Waals surface area contributed by atoms with E-state index in [4.69, 9.17) is 10.5 Å². The SMILES string of the molecule is CC(F)(F)c1ccnc(NC(=O)Nc2ccc(-c3c(CO)c(CN4CCOCC4)n4ncnc(N)c34)cc2F)c1. The fraction of sp³-hybridized carbons (Fsp3) is 0.308. The Morgan fingerprint density at radius 1 is 1.18 bits per heavy atom. The Labute approximate surface area is 226 Å². The van der Waals surface area contributed by atoms with E-state index in [1.165, 1.54) is 18.5 Å². The summed E-state index contributed by atoms with van der Waals surface area (Å²) in [7, 11) is 0. The van der Waals surface area contributed by atoms with Gasteiger partial charge in [-0.15, -0.1) is 0 Å². The summed E-state index contributed by atoms with van der Waals surface area (Å²) in [5, 5.41) is 19.4. The topological polar surface area (TPSA) is 143 Å². The number of aliphatic hydroxyl groups is 1. The summed E-state index contributed by atoms with van der Waals surface area (Å²) in [6.45, 7) is 3.40. The summed E-state index contributed by atoms with van der Waals surface area (Å²) >= 11 is 0. The van der Waals surface area contributed by atoms with E-state index in [9.17, 15) is 18.7 Å². The standard InChI is InChI=1S/C26H27F3N8O3/c1-26(28,29)16-4-5-31-21(11-16)35-25(39)34-19-3-2-15(10-18(19)27)22-17(13-38)20(12-36-6-8-40-9-7-36)37-23(22)24(30)32-14-33-37/h2-5,10-11,14,38H,6-9,12-13H2,1H3,(H2,30,32,33)(H2,31,34,35,39). The van der Waals surface area contributed by atoms with Gasteiger partial charge < -0.3 is 20.9 Å². The van der Waals surface area contributed by atoms with Gasteiger partial charge >= 0.3 is 6.03 Å². The summed E-state index contributed by atoms with van der Waals surface area (Å²) in [6.07, 6.45) is 2.45. The minimum atomic E-state index is -3.12. The van der Waals surface area contributed by atoms with Gasteiger partial charge in [0, 0.05) is 49.4 Å². The molecule has 0 radical (unpaired) electrons. The number of carbonyl (C=O) groups excluding carboxylic acids is 1. The van der Waals surface area contributed by atoms with Crippen LogP contribution in [0, 0.1) is 5.82 Å². The molecule has 11 nitrogen and oxygen atoms in total. The van der Waals surface area contributed by atoms with E-state index in [0.29, 0.717) is 60.7 Å². The number of urea groups is 1. The number of pyridine rings is 1. The van der Waals surface area contributed by atoms with E-state index in [-0.39, 0.29) is 29.5 Å². The summed E-state index contributed by atoms with van der Waals surface area (Å²) in [6, 6.07) is 5.42. The van der Waals surface area contributed by atoms with Gasteiger partial charge in [0.2, 0.25) is 0 Å². The molecule has 0 unspecified atom stereocenters. The van der Waals surface area contributed by atoms with Gasteiger partial charge in [0.1, 0.15) is 23.5 Å². The fourth-order valence-corrected chi connectivity index (χ4v) is 4.65. The second kappa shape index (κ2) is 11.1. The van der Waals surface area contributed by atoms with Crippen molar-refractivity contribution in [3.8, 4) is 11.1 Å². The zero-order valence-electron chi connectivity index (χ0n) is 21.5. The van der Waals surface area contributed by atoms with Gasteiger partial charge in [0.15, 0.2) is 5.82 Å².